The van der Waals surface area contributed by atoms with Crippen molar-refractivity contribution < 1.29 is 4.79 Å². The lowest BCUT2D eigenvalue weighted by atomic mass is 9.90. The Morgan fingerprint density at radius 2 is 2.26 bits per heavy atom. The van der Waals surface area contributed by atoms with Crippen molar-refractivity contribution in [3.8, 4) is 0 Å². The molecule has 3 heterocycles. The summed E-state index contributed by atoms with van der Waals surface area (Å²) in [5.74, 6) is 2.83. The lowest BCUT2D eigenvalue weighted by molar-refractivity contribution is 0.0711. The molecule has 4 rings (SSSR count). The van der Waals surface area contributed by atoms with E-state index in [1.54, 1.807) is 11.3 Å². The number of fused-ring (bicyclic) bond motifs is 2. The Morgan fingerprint density at radius 3 is 3.09 bits per heavy atom. The second-order valence-electron chi connectivity index (χ2n) is 6.67. The van der Waals surface area contributed by atoms with Gasteiger partial charge in [-0.2, -0.15) is 0 Å². The molecule has 1 aliphatic heterocycles. The molecule has 5 nitrogen and oxygen atoms in total. The van der Waals surface area contributed by atoms with Gasteiger partial charge in [-0.25, -0.2) is 0 Å². The van der Waals surface area contributed by atoms with Crippen LogP contribution < -0.4 is 0 Å². The number of hydrogen-bond acceptors (Lipinski definition) is 4. The van der Waals surface area contributed by atoms with Gasteiger partial charge in [-0.05, 0) is 36.8 Å². The summed E-state index contributed by atoms with van der Waals surface area (Å²) in [7, 11) is 0. The second-order valence-corrected chi connectivity index (χ2v) is 7.81. The van der Waals surface area contributed by atoms with Gasteiger partial charge in [-0.3, -0.25) is 4.79 Å². The maximum absolute atomic E-state index is 12.9. The molecule has 2 aliphatic rings. The average Bonchev–Trinajstić information content (AvgIpc) is 3.16. The quantitative estimate of drug-likeness (QED) is 0.851. The molecular formula is C17H22N4OS. The fraction of sp³-hybridized carbons (Fsp3) is 0.588. The molecule has 0 bridgehead atoms. The third-order valence-corrected chi connectivity index (χ3v) is 6.20. The van der Waals surface area contributed by atoms with Crippen molar-refractivity contribution in [2.45, 2.75) is 52.6 Å². The van der Waals surface area contributed by atoms with E-state index in [1.807, 2.05) is 4.90 Å². The Kier molecular flexibility index (Phi) is 3.71. The number of aromatic nitrogens is 3. The fourth-order valence-corrected chi connectivity index (χ4v) is 4.80. The predicted molar refractivity (Wildman–Crippen MR) is 89.6 cm³/mol. The van der Waals surface area contributed by atoms with Gasteiger partial charge in [0, 0.05) is 24.4 Å². The van der Waals surface area contributed by atoms with Gasteiger partial charge in [-0.15, -0.1) is 21.5 Å². The monoisotopic (exact) mass is 330 g/mol. The number of thiophene rings is 1. The standard InChI is InChI=1S/C17H22N4OS/c1-3-15-18-19-16-10-20(6-7-21(15)16)17(22)14-9-12-8-11(2)4-5-13(12)23-14/h9,11H,3-8,10H2,1-2H3/t11-/m1/s1. The number of carbonyl (C=O) groups is 1. The molecule has 0 N–H and O–H groups in total. The summed E-state index contributed by atoms with van der Waals surface area (Å²) >= 11 is 1.70. The van der Waals surface area contributed by atoms with Gasteiger partial charge in [0.1, 0.15) is 5.82 Å². The van der Waals surface area contributed by atoms with Crippen LogP contribution in [-0.4, -0.2) is 32.1 Å². The number of hydrogen-bond donors (Lipinski definition) is 0. The van der Waals surface area contributed by atoms with Crippen molar-refractivity contribution in [2.75, 3.05) is 6.54 Å². The molecular weight excluding hydrogens is 308 g/mol. The fourth-order valence-electron chi connectivity index (χ4n) is 3.62. The van der Waals surface area contributed by atoms with Crippen LogP contribution in [0.3, 0.4) is 0 Å². The highest BCUT2D eigenvalue weighted by Gasteiger charge is 2.27. The van der Waals surface area contributed by atoms with Crippen LogP contribution in [0.15, 0.2) is 6.07 Å². The summed E-state index contributed by atoms with van der Waals surface area (Å²) in [6.45, 7) is 6.51. The van der Waals surface area contributed by atoms with Crippen LogP contribution >= 0.6 is 11.3 Å². The van der Waals surface area contributed by atoms with E-state index in [2.05, 4.69) is 34.7 Å². The Bertz CT molecular complexity index is 748. The van der Waals surface area contributed by atoms with Crippen molar-refractivity contribution in [1.82, 2.24) is 19.7 Å². The maximum atomic E-state index is 12.9. The van der Waals surface area contributed by atoms with Gasteiger partial charge >= 0.3 is 0 Å². The van der Waals surface area contributed by atoms with Gasteiger partial charge in [0.2, 0.25) is 0 Å². The van der Waals surface area contributed by atoms with Crippen molar-refractivity contribution >= 4 is 17.2 Å². The van der Waals surface area contributed by atoms with Gasteiger partial charge < -0.3 is 9.47 Å². The average molecular weight is 330 g/mol. The SMILES string of the molecule is CCc1nnc2n1CCN(C(=O)c1cc3c(s1)CC[C@@H](C)C3)C2. The normalized spacial score (nSPS) is 20.3. The first-order chi connectivity index (χ1) is 11.2. The zero-order valence-corrected chi connectivity index (χ0v) is 14.5. The number of aryl methyl sites for hydroxylation is 2. The van der Waals surface area contributed by atoms with Crippen LogP contribution in [0.25, 0.3) is 0 Å². The van der Waals surface area contributed by atoms with E-state index in [0.717, 1.165) is 54.8 Å². The van der Waals surface area contributed by atoms with E-state index in [-0.39, 0.29) is 5.91 Å². The van der Waals surface area contributed by atoms with E-state index >= 15 is 0 Å². The van der Waals surface area contributed by atoms with Crippen LogP contribution in [0.2, 0.25) is 0 Å². The van der Waals surface area contributed by atoms with E-state index in [4.69, 9.17) is 0 Å². The summed E-state index contributed by atoms with van der Waals surface area (Å²) in [4.78, 5) is 17.1. The molecule has 0 radical (unpaired) electrons. The number of carbonyl (C=O) groups excluding carboxylic acids is 1. The van der Waals surface area contributed by atoms with Crippen LogP contribution in [-0.2, 0) is 32.4 Å². The minimum absolute atomic E-state index is 0.157. The van der Waals surface area contributed by atoms with Gasteiger partial charge in [0.05, 0.1) is 11.4 Å². The molecule has 2 aromatic heterocycles. The molecule has 0 aromatic carbocycles. The zero-order chi connectivity index (χ0) is 16.0. The summed E-state index contributed by atoms with van der Waals surface area (Å²) in [5, 5.41) is 8.47. The highest BCUT2D eigenvalue weighted by molar-refractivity contribution is 7.14. The van der Waals surface area contributed by atoms with E-state index in [0.29, 0.717) is 6.54 Å². The van der Waals surface area contributed by atoms with E-state index in [9.17, 15) is 4.79 Å². The lowest BCUT2D eigenvalue weighted by Crippen LogP contribution is -2.38. The highest BCUT2D eigenvalue weighted by Crippen LogP contribution is 2.33. The molecule has 0 saturated heterocycles. The molecule has 0 spiro atoms. The summed E-state index contributed by atoms with van der Waals surface area (Å²) < 4.78 is 2.16. The Hall–Kier alpha value is -1.69. The van der Waals surface area contributed by atoms with Crippen LogP contribution in [0, 0.1) is 5.92 Å². The second kappa shape index (κ2) is 5.74. The first-order valence-corrected chi connectivity index (χ1v) is 9.29. The molecule has 6 heteroatoms. The summed E-state index contributed by atoms with van der Waals surface area (Å²) in [6, 6.07) is 2.13. The number of nitrogens with zero attached hydrogens (tertiary/aromatic N) is 4. The molecule has 2 aromatic rings. The van der Waals surface area contributed by atoms with Crippen LogP contribution in [0.5, 0.6) is 0 Å². The lowest BCUT2D eigenvalue weighted by Gasteiger charge is -2.27. The van der Waals surface area contributed by atoms with Crippen molar-refractivity contribution in [2.24, 2.45) is 5.92 Å². The first kappa shape index (κ1) is 14.9. The third-order valence-electron chi connectivity index (χ3n) is 4.97. The summed E-state index contributed by atoms with van der Waals surface area (Å²) in [6.07, 6.45) is 4.38. The predicted octanol–water partition coefficient (Wildman–Crippen LogP) is 2.68. The molecule has 23 heavy (non-hydrogen) atoms. The van der Waals surface area contributed by atoms with Crippen LogP contribution in [0.1, 0.15) is 52.0 Å². The van der Waals surface area contributed by atoms with Crippen LogP contribution in [0.4, 0.5) is 0 Å². The minimum Gasteiger partial charge on any atom is -0.329 e. The smallest absolute Gasteiger partial charge is 0.264 e. The van der Waals surface area contributed by atoms with Gasteiger partial charge in [0.25, 0.3) is 5.91 Å². The third kappa shape index (κ3) is 2.59. The topological polar surface area (TPSA) is 51.0 Å². The molecule has 1 aliphatic carbocycles. The highest BCUT2D eigenvalue weighted by atomic mass is 32.1. The first-order valence-electron chi connectivity index (χ1n) is 8.47. The van der Waals surface area contributed by atoms with E-state index in [1.165, 1.54) is 16.9 Å². The molecule has 0 unspecified atom stereocenters. The molecule has 0 saturated carbocycles. The Balaban J connectivity index is 1.54. The largest absolute Gasteiger partial charge is 0.329 e. The van der Waals surface area contributed by atoms with Gasteiger partial charge in [0.15, 0.2) is 5.82 Å². The summed E-state index contributed by atoms with van der Waals surface area (Å²) in [5.41, 5.74) is 1.39. The number of amides is 1. The molecule has 0 fully saturated rings. The zero-order valence-electron chi connectivity index (χ0n) is 13.7. The van der Waals surface area contributed by atoms with E-state index < -0.39 is 0 Å². The Morgan fingerprint density at radius 1 is 1.39 bits per heavy atom. The molecule has 1 amide bonds. The maximum Gasteiger partial charge on any atom is 0.264 e. The minimum atomic E-state index is 0.157. The Labute approximate surface area is 140 Å². The van der Waals surface area contributed by atoms with Crippen molar-refractivity contribution in [3.63, 3.8) is 0 Å². The number of rotatable bonds is 2. The van der Waals surface area contributed by atoms with Crippen molar-refractivity contribution in [3.05, 3.63) is 33.0 Å². The molecule has 1 atom stereocenters. The van der Waals surface area contributed by atoms with Crippen molar-refractivity contribution in [1.29, 1.82) is 0 Å². The van der Waals surface area contributed by atoms with Gasteiger partial charge in [-0.1, -0.05) is 13.8 Å². The molecule has 122 valence electrons.